The van der Waals surface area contributed by atoms with E-state index in [1.165, 1.54) is 5.56 Å². The molecule has 1 aromatic carbocycles. The van der Waals surface area contributed by atoms with Crippen LogP contribution in [0.15, 0.2) is 47.1 Å². The molecule has 0 amide bonds. The quantitative estimate of drug-likeness (QED) is 0.756. The predicted molar refractivity (Wildman–Crippen MR) is 67.7 cm³/mol. The lowest BCUT2D eigenvalue weighted by atomic mass is 10.1. The van der Waals surface area contributed by atoms with Crippen LogP contribution in [0.5, 0.6) is 0 Å². The second-order valence-corrected chi connectivity index (χ2v) is 3.98. The van der Waals surface area contributed by atoms with Gasteiger partial charge in [-0.3, -0.25) is 0 Å². The fourth-order valence-corrected chi connectivity index (χ4v) is 1.81. The maximum atomic E-state index is 6.21. The molecule has 0 aliphatic carbocycles. The van der Waals surface area contributed by atoms with Gasteiger partial charge in [0.15, 0.2) is 0 Å². The molecular weight excluding hydrogens is 220 g/mol. The van der Waals surface area contributed by atoms with E-state index < -0.39 is 0 Å². The molecule has 82 valence electrons. The number of furan rings is 1. The summed E-state index contributed by atoms with van der Waals surface area (Å²) in [4.78, 5) is 0. The molecule has 0 aliphatic rings. The van der Waals surface area contributed by atoms with Crippen LogP contribution in [-0.2, 0) is 6.42 Å². The van der Waals surface area contributed by atoms with E-state index in [0.717, 1.165) is 17.7 Å². The van der Waals surface area contributed by atoms with Crippen molar-refractivity contribution in [3.05, 3.63) is 64.6 Å². The van der Waals surface area contributed by atoms with Crippen LogP contribution < -0.4 is 0 Å². The van der Waals surface area contributed by atoms with E-state index in [4.69, 9.17) is 16.0 Å². The molecule has 1 aromatic heterocycles. The maximum Gasteiger partial charge on any atom is 0.145 e. The lowest BCUT2D eigenvalue weighted by Gasteiger charge is -1.98. The van der Waals surface area contributed by atoms with E-state index >= 15 is 0 Å². The van der Waals surface area contributed by atoms with Gasteiger partial charge < -0.3 is 4.42 Å². The van der Waals surface area contributed by atoms with Crippen LogP contribution in [-0.4, -0.2) is 0 Å². The fourth-order valence-electron chi connectivity index (χ4n) is 1.60. The molecule has 1 nitrogen and oxygen atoms in total. The molecule has 0 atom stereocenters. The van der Waals surface area contributed by atoms with Crippen LogP contribution in [0.25, 0.3) is 6.08 Å². The third-order valence-electron chi connectivity index (χ3n) is 2.38. The molecule has 2 heteroatoms. The smallest absolute Gasteiger partial charge is 0.145 e. The molecule has 0 radical (unpaired) electrons. The summed E-state index contributed by atoms with van der Waals surface area (Å²) in [6.45, 7) is 1.94. The van der Waals surface area contributed by atoms with E-state index in [2.05, 4.69) is 12.1 Å². The van der Waals surface area contributed by atoms with Gasteiger partial charge in [0.25, 0.3) is 0 Å². The Bertz CT molecular complexity index is 483. The van der Waals surface area contributed by atoms with Gasteiger partial charge in [-0.2, -0.15) is 0 Å². The van der Waals surface area contributed by atoms with Crippen molar-refractivity contribution in [2.24, 2.45) is 0 Å². The van der Waals surface area contributed by atoms with Gasteiger partial charge in [-0.25, -0.2) is 0 Å². The summed E-state index contributed by atoms with van der Waals surface area (Å²) in [6, 6.07) is 10.2. The van der Waals surface area contributed by atoms with E-state index in [-0.39, 0.29) is 0 Å². The second kappa shape index (κ2) is 5.04. The zero-order chi connectivity index (χ0) is 11.4. The van der Waals surface area contributed by atoms with Crippen LogP contribution >= 0.6 is 11.6 Å². The SMILES string of the molecule is C/C=C/c1occ(Cc2ccccc2)c1Cl. The Morgan fingerprint density at radius 2 is 2.00 bits per heavy atom. The summed E-state index contributed by atoms with van der Waals surface area (Å²) in [5.74, 6) is 0.732. The lowest BCUT2D eigenvalue weighted by Crippen LogP contribution is -1.85. The Morgan fingerprint density at radius 1 is 1.25 bits per heavy atom. The van der Waals surface area contributed by atoms with Crippen molar-refractivity contribution in [3.8, 4) is 0 Å². The van der Waals surface area contributed by atoms with Gasteiger partial charge in [-0.05, 0) is 18.6 Å². The molecule has 0 saturated heterocycles. The summed E-state index contributed by atoms with van der Waals surface area (Å²) >= 11 is 6.21. The highest BCUT2D eigenvalue weighted by atomic mass is 35.5. The molecule has 2 rings (SSSR count). The predicted octanol–water partition coefficient (Wildman–Crippen LogP) is 4.56. The van der Waals surface area contributed by atoms with Crippen molar-refractivity contribution in [2.45, 2.75) is 13.3 Å². The minimum atomic E-state index is 0.710. The maximum absolute atomic E-state index is 6.21. The fraction of sp³-hybridized carbons (Fsp3) is 0.143. The van der Waals surface area contributed by atoms with Crippen molar-refractivity contribution >= 4 is 17.7 Å². The third kappa shape index (κ3) is 2.37. The molecule has 0 unspecified atom stereocenters. The summed E-state index contributed by atoms with van der Waals surface area (Å²) < 4.78 is 5.39. The molecule has 0 aliphatic heterocycles. The van der Waals surface area contributed by atoms with Crippen LogP contribution in [0, 0.1) is 0 Å². The largest absolute Gasteiger partial charge is 0.463 e. The number of benzene rings is 1. The lowest BCUT2D eigenvalue weighted by molar-refractivity contribution is 0.554. The second-order valence-electron chi connectivity index (χ2n) is 3.60. The first kappa shape index (κ1) is 11.0. The van der Waals surface area contributed by atoms with Crippen LogP contribution in [0.4, 0.5) is 0 Å². The van der Waals surface area contributed by atoms with Crippen molar-refractivity contribution in [1.29, 1.82) is 0 Å². The van der Waals surface area contributed by atoms with Gasteiger partial charge in [0.1, 0.15) is 5.76 Å². The number of hydrogen-bond donors (Lipinski definition) is 0. The first-order valence-corrected chi connectivity index (χ1v) is 5.61. The Kier molecular flexibility index (Phi) is 3.47. The molecule has 0 fully saturated rings. The van der Waals surface area contributed by atoms with Crippen molar-refractivity contribution in [3.63, 3.8) is 0 Å². The van der Waals surface area contributed by atoms with Crippen molar-refractivity contribution in [1.82, 2.24) is 0 Å². The van der Waals surface area contributed by atoms with Gasteiger partial charge in [0.05, 0.1) is 11.3 Å². The average molecular weight is 233 g/mol. The Morgan fingerprint density at radius 3 is 2.69 bits per heavy atom. The first-order valence-electron chi connectivity index (χ1n) is 5.23. The van der Waals surface area contributed by atoms with Gasteiger partial charge in [-0.1, -0.05) is 48.0 Å². The molecule has 1 heterocycles. The minimum absolute atomic E-state index is 0.710. The van der Waals surface area contributed by atoms with Crippen LogP contribution in [0.3, 0.4) is 0 Å². The van der Waals surface area contributed by atoms with Gasteiger partial charge in [-0.15, -0.1) is 0 Å². The summed E-state index contributed by atoms with van der Waals surface area (Å²) in [5.41, 5.74) is 2.26. The highest BCUT2D eigenvalue weighted by molar-refractivity contribution is 6.32. The number of hydrogen-bond acceptors (Lipinski definition) is 1. The standard InChI is InChI=1S/C14H13ClO/c1-2-6-13-14(15)12(10-16-13)9-11-7-4-3-5-8-11/h2-8,10H,9H2,1H3/b6-2+. The van der Waals surface area contributed by atoms with Gasteiger partial charge >= 0.3 is 0 Å². The number of rotatable bonds is 3. The van der Waals surface area contributed by atoms with E-state index in [1.54, 1.807) is 6.26 Å². The molecule has 0 N–H and O–H groups in total. The summed E-state index contributed by atoms with van der Waals surface area (Å²) in [6.07, 6.45) is 6.32. The summed E-state index contributed by atoms with van der Waals surface area (Å²) in [5, 5.41) is 0.710. The topological polar surface area (TPSA) is 13.1 Å². The first-order chi connectivity index (χ1) is 7.81. The van der Waals surface area contributed by atoms with Crippen LogP contribution in [0.2, 0.25) is 5.02 Å². The van der Waals surface area contributed by atoms with E-state index in [9.17, 15) is 0 Å². The Hall–Kier alpha value is -1.47. The van der Waals surface area contributed by atoms with Gasteiger partial charge in [0, 0.05) is 12.0 Å². The van der Waals surface area contributed by atoms with Crippen molar-refractivity contribution in [2.75, 3.05) is 0 Å². The molecule has 0 saturated carbocycles. The highest BCUT2D eigenvalue weighted by Crippen LogP contribution is 2.26. The summed E-state index contributed by atoms with van der Waals surface area (Å²) in [7, 11) is 0. The molecular formula is C14H13ClO. The Balaban J connectivity index is 2.23. The zero-order valence-corrected chi connectivity index (χ0v) is 9.87. The van der Waals surface area contributed by atoms with Crippen molar-refractivity contribution < 1.29 is 4.42 Å². The van der Waals surface area contributed by atoms with E-state index in [0.29, 0.717) is 5.02 Å². The monoisotopic (exact) mass is 232 g/mol. The Labute approximate surface area is 100 Å². The third-order valence-corrected chi connectivity index (χ3v) is 2.81. The molecule has 0 bridgehead atoms. The average Bonchev–Trinajstić information content (AvgIpc) is 2.64. The molecule has 0 spiro atoms. The van der Waals surface area contributed by atoms with Crippen LogP contribution in [0.1, 0.15) is 23.8 Å². The minimum Gasteiger partial charge on any atom is -0.463 e. The molecule has 16 heavy (non-hydrogen) atoms. The van der Waals surface area contributed by atoms with E-state index in [1.807, 2.05) is 37.3 Å². The normalized spacial score (nSPS) is 11.1. The zero-order valence-electron chi connectivity index (χ0n) is 9.11. The van der Waals surface area contributed by atoms with Gasteiger partial charge in [0.2, 0.25) is 0 Å². The highest BCUT2D eigenvalue weighted by Gasteiger charge is 2.09. The number of allylic oxidation sites excluding steroid dienone is 1. The number of halogens is 1. The molecule has 2 aromatic rings.